The third-order valence-corrected chi connectivity index (χ3v) is 12.2. The van der Waals surface area contributed by atoms with Gasteiger partial charge in [0.15, 0.2) is 6.10 Å². The second kappa shape index (κ2) is 55.4. The van der Waals surface area contributed by atoms with Crippen molar-refractivity contribution in [3.8, 4) is 0 Å². The first kappa shape index (κ1) is 63.8. The molecule has 386 valence electrons. The van der Waals surface area contributed by atoms with Crippen molar-refractivity contribution in [1.82, 2.24) is 0 Å². The Bertz CT molecular complexity index is 1260. The molecule has 0 aliphatic heterocycles. The Morgan fingerprint density at radius 3 is 0.985 bits per heavy atom. The first-order chi connectivity index (χ1) is 33.0. The van der Waals surface area contributed by atoms with Gasteiger partial charge in [0.05, 0.1) is 0 Å². The first-order valence-corrected chi connectivity index (χ1v) is 28.4. The van der Waals surface area contributed by atoms with Crippen molar-refractivity contribution in [2.75, 3.05) is 13.2 Å². The lowest BCUT2D eigenvalue weighted by molar-refractivity contribution is -0.166. The third-order valence-electron chi connectivity index (χ3n) is 12.2. The molecule has 67 heavy (non-hydrogen) atoms. The van der Waals surface area contributed by atoms with Gasteiger partial charge in [0.2, 0.25) is 0 Å². The zero-order chi connectivity index (χ0) is 48.6. The molecule has 0 aromatic carbocycles. The molecule has 0 N–H and O–H groups in total. The molecule has 0 aliphatic carbocycles. The molecule has 1 atom stereocenters. The summed E-state index contributed by atoms with van der Waals surface area (Å²) in [6.45, 7) is 6.55. The molecule has 0 bridgehead atoms. The minimum Gasteiger partial charge on any atom is -0.462 e. The maximum Gasteiger partial charge on any atom is 0.306 e. The quantitative estimate of drug-likeness (QED) is 0.0262. The van der Waals surface area contributed by atoms with E-state index in [1.165, 1.54) is 161 Å². The van der Waals surface area contributed by atoms with E-state index in [1.807, 2.05) is 6.08 Å². The molecule has 0 saturated carbocycles. The Morgan fingerprint density at radius 2 is 0.567 bits per heavy atom. The van der Waals surface area contributed by atoms with Crippen molar-refractivity contribution < 1.29 is 28.6 Å². The van der Waals surface area contributed by atoms with Gasteiger partial charge in [0, 0.05) is 19.3 Å². The molecule has 0 fully saturated rings. The maximum atomic E-state index is 12.8. The number of carbonyl (C=O) groups excluding carboxylic acids is 3. The average Bonchev–Trinajstić information content (AvgIpc) is 3.33. The molecule has 0 heterocycles. The van der Waals surface area contributed by atoms with Crippen molar-refractivity contribution in [3.05, 3.63) is 72.9 Å². The fourth-order valence-corrected chi connectivity index (χ4v) is 7.89. The molecule has 0 unspecified atom stereocenters. The summed E-state index contributed by atoms with van der Waals surface area (Å²) in [5, 5.41) is 0. The number of carbonyl (C=O) groups is 3. The molecule has 0 amide bonds. The molecular weight excluding hydrogens is 829 g/mol. The van der Waals surface area contributed by atoms with Gasteiger partial charge >= 0.3 is 17.9 Å². The highest BCUT2D eigenvalue weighted by atomic mass is 16.6. The van der Waals surface area contributed by atoms with Gasteiger partial charge in [-0.2, -0.15) is 0 Å². The predicted molar refractivity (Wildman–Crippen MR) is 288 cm³/mol. The number of rotatable bonds is 51. The summed E-state index contributed by atoms with van der Waals surface area (Å²) in [5.41, 5.74) is 0. The van der Waals surface area contributed by atoms with Gasteiger partial charge in [0.1, 0.15) is 13.2 Å². The van der Waals surface area contributed by atoms with Gasteiger partial charge in [0.25, 0.3) is 0 Å². The Hall–Kier alpha value is -3.15. The van der Waals surface area contributed by atoms with E-state index in [1.54, 1.807) is 0 Å². The van der Waals surface area contributed by atoms with Gasteiger partial charge in [-0.3, -0.25) is 14.4 Å². The number of esters is 3. The number of allylic oxidation sites excluding steroid dienone is 12. The second-order valence-electron chi connectivity index (χ2n) is 18.8. The Labute approximate surface area is 414 Å². The summed E-state index contributed by atoms with van der Waals surface area (Å²) in [4.78, 5) is 38.1. The van der Waals surface area contributed by atoms with Crippen LogP contribution in [0.25, 0.3) is 0 Å². The fraction of sp³-hybridized carbons (Fsp3) is 0.754. The maximum absolute atomic E-state index is 12.8. The summed E-state index contributed by atoms with van der Waals surface area (Å²) >= 11 is 0. The lowest BCUT2D eigenvalue weighted by atomic mass is 10.0. The van der Waals surface area contributed by atoms with Gasteiger partial charge in [-0.05, 0) is 83.5 Å². The molecule has 0 rings (SSSR count). The molecule has 0 aliphatic rings. The lowest BCUT2D eigenvalue weighted by Gasteiger charge is -2.18. The van der Waals surface area contributed by atoms with E-state index in [9.17, 15) is 14.4 Å². The minimum atomic E-state index is -0.807. The van der Waals surface area contributed by atoms with Crippen LogP contribution >= 0.6 is 0 Å². The molecule has 6 nitrogen and oxygen atoms in total. The van der Waals surface area contributed by atoms with E-state index in [2.05, 4.69) is 87.6 Å². The molecular formula is C61H106O6. The van der Waals surface area contributed by atoms with Gasteiger partial charge in [-0.15, -0.1) is 0 Å². The predicted octanol–water partition coefficient (Wildman–Crippen LogP) is 19.0. The van der Waals surface area contributed by atoms with Crippen LogP contribution in [-0.4, -0.2) is 37.2 Å². The SMILES string of the molecule is CCCCC/C=C\C/C=C\C/C=C\C/C=C\C/C=C\CCC(=O)OC[C@H](COC(=O)CCCCCCC/C=C\CCCCCC)OC(=O)CCCCCCCCCCCCCCCCCCC. The van der Waals surface area contributed by atoms with E-state index in [4.69, 9.17) is 14.2 Å². The first-order valence-electron chi connectivity index (χ1n) is 28.4. The van der Waals surface area contributed by atoms with Gasteiger partial charge in [-0.25, -0.2) is 0 Å². The standard InChI is InChI=1S/C61H106O6/c1-4-7-10-13-16-19-22-25-27-29-30-32-33-36-39-42-45-48-51-54-60(63)66-57-58(56-65-59(62)53-50-47-44-41-38-35-24-21-18-15-12-9-6-3)67-61(64)55-52-49-46-43-40-37-34-31-28-26-23-20-17-14-11-8-5-2/h16,19,21,24-25,27,30,32,36,39,45,48,58H,4-15,17-18,20,22-23,26,28-29,31,33-35,37-38,40-44,46-47,49-57H2,1-3H3/b19-16-,24-21-,27-25-,32-30-,39-36-,48-45-/t58-/m0/s1. The highest BCUT2D eigenvalue weighted by Crippen LogP contribution is 2.16. The van der Waals surface area contributed by atoms with E-state index < -0.39 is 6.10 Å². The van der Waals surface area contributed by atoms with E-state index in [0.29, 0.717) is 19.3 Å². The van der Waals surface area contributed by atoms with Crippen LogP contribution in [0.2, 0.25) is 0 Å². The van der Waals surface area contributed by atoms with Gasteiger partial charge < -0.3 is 14.2 Å². The van der Waals surface area contributed by atoms with E-state index in [0.717, 1.165) is 70.6 Å². The lowest BCUT2D eigenvalue weighted by Crippen LogP contribution is -2.30. The zero-order valence-corrected chi connectivity index (χ0v) is 44.2. The Morgan fingerprint density at radius 1 is 0.299 bits per heavy atom. The summed E-state index contributed by atoms with van der Waals surface area (Å²) in [7, 11) is 0. The van der Waals surface area contributed by atoms with E-state index >= 15 is 0 Å². The van der Waals surface area contributed by atoms with Crippen LogP contribution in [0.5, 0.6) is 0 Å². The number of hydrogen-bond acceptors (Lipinski definition) is 6. The minimum absolute atomic E-state index is 0.101. The Balaban J connectivity index is 4.47. The molecule has 0 spiro atoms. The summed E-state index contributed by atoms with van der Waals surface area (Å²) in [5.74, 6) is -0.986. The van der Waals surface area contributed by atoms with Crippen LogP contribution in [0.1, 0.15) is 278 Å². The van der Waals surface area contributed by atoms with Crippen molar-refractivity contribution in [2.45, 2.75) is 284 Å². The Kier molecular flexibility index (Phi) is 52.8. The normalized spacial score (nSPS) is 12.6. The number of unbranched alkanes of at least 4 members (excludes halogenated alkanes) is 28. The molecule has 0 radical (unpaired) electrons. The summed E-state index contributed by atoms with van der Waals surface area (Å²) in [6, 6.07) is 0. The highest BCUT2D eigenvalue weighted by Gasteiger charge is 2.19. The smallest absolute Gasteiger partial charge is 0.306 e. The van der Waals surface area contributed by atoms with Crippen molar-refractivity contribution in [2.24, 2.45) is 0 Å². The van der Waals surface area contributed by atoms with Crippen molar-refractivity contribution >= 4 is 17.9 Å². The fourth-order valence-electron chi connectivity index (χ4n) is 7.89. The monoisotopic (exact) mass is 935 g/mol. The topological polar surface area (TPSA) is 78.9 Å². The van der Waals surface area contributed by atoms with Crippen LogP contribution in [0, 0.1) is 0 Å². The molecule has 0 aromatic rings. The van der Waals surface area contributed by atoms with Crippen molar-refractivity contribution in [3.63, 3.8) is 0 Å². The van der Waals surface area contributed by atoms with Crippen LogP contribution in [0.4, 0.5) is 0 Å². The van der Waals surface area contributed by atoms with Crippen LogP contribution in [0.3, 0.4) is 0 Å². The average molecular weight is 936 g/mol. The van der Waals surface area contributed by atoms with Crippen molar-refractivity contribution in [1.29, 1.82) is 0 Å². The van der Waals surface area contributed by atoms with Gasteiger partial charge in [-0.1, -0.05) is 248 Å². The second-order valence-corrected chi connectivity index (χ2v) is 18.8. The molecule has 0 saturated heterocycles. The highest BCUT2D eigenvalue weighted by molar-refractivity contribution is 5.71. The molecule has 0 aromatic heterocycles. The van der Waals surface area contributed by atoms with Crippen LogP contribution < -0.4 is 0 Å². The number of ether oxygens (including phenoxy) is 3. The van der Waals surface area contributed by atoms with Crippen LogP contribution in [-0.2, 0) is 28.6 Å². The summed E-state index contributed by atoms with van der Waals surface area (Å²) < 4.78 is 16.8. The largest absolute Gasteiger partial charge is 0.462 e. The summed E-state index contributed by atoms with van der Waals surface area (Å²) in [6.07, 6.45) is 70.4. The molecule has 6 heteroatoms. The number of hydrogen-bond donors (Lipinski definition) is 0. The zero-order valence-electron chi connectivity index (χ0n) is 44.2. The third kappa shape index (κ3) is 53.7. The van der Waals surface area contributed by atoms with E-state index in [-0.39, 0.29) is 37.5 Å². The van der Waals surface area contributed by atoms with Crippen LogP contribution in [0.15, 0.2) is 72.9 Å².